The first kappa shape index (κ1) is 13.0. The number of hydrogen-bond donors (Lipinski definition) is 1. The Morgan fingerprint density at radius 3 is 2.79 bits per heavy atom. The standard InChI is InChI=1S/C15H16N4/c1-3-5-13-18-14(10(2)15(17)19-13)12-7-4-6-11(8-12)9-16/h4,6-8H,3,5H2,1-2H3,(H2,17,18,19). The van der Waals surface area contributed by atoms with Crippen LogP contribution in [0.25, 0.3) is 11.3 Å². The summed E-state index contributed by atoms with van der Waals surface area (Å²) in [7, 11) is 0. The summed E-state index contributed by atoms with van der Waals surface area (Å²) in [5.74, 6) is 1.26. The van der Waals surface area contributed by atoms with Gasteiger partial charge in [-0.05, 0) is 25.5 Å². The molecule has 2 rings (SSSR count). The monoisotopic (exact) mass is 252 g/mol. The van der Waals surface area contributed by atoms with Gasteiger partial charge in [0.15, 0.2) is 0 Å². The van der Waals surface area contributed by atoms with Crippen LogP contribution in [0.1, 0.15) is 30.3 Å². The quantitative estimate of drug-likeness (QED) is 0.911. The second-order valence-corrected chi connectivity index (χ2v) is 4.44. The summed E-state index contributed by atoms with van der Waals surface area (Å²) in [6.45, 7) is 3.98. The molecule has 0 spiro atoms. The van der Waals surface area contributed by atoms with Crippen molar-refractivity contribution in [3.63, 3.8) is 0 Å². The molecule has 2 N–H and O–H groups in total. The normalized spacial score (nSPS) is 10.2. The summed E-state index contributed by atoms with van der Waals surface area (Å²) in [5.41, 5.74) is 9.14. The van der Waals surface area contributed by atoms with E-state index in [0.717, 1.165) is 35.5 Å². The molecule has 19 heavy (non-hydrogen) atoms. The van der Waals surface area contributed by atoms with E-state index in [1.807, 2.05) is 25.1 Å². The van der Waals surface area contributed by atoms with Gasteiger partial charge < -0.3 is 5.73 Å². The molecule has 0 amide bonds. The molecule has 0 atom stereocenters. The number of benzene rings is 1. The molecule has 2 aromatic rings. The van der Waals surface area contributed by atoms with Gasteiger partial charge in [-0.2, -0.15) is 5.26 Å². The number of hydrogen-bond acceptors (Lipinski definition) is 4. The first-order chi connectivity index (χ1) is 9.15. The van der Waals surface area contributed by atoms with Gasteiger partial charge >= 0.3 is 0 Å². The van der Waals surface area contributed by atoms with E-state index in [1.165, 1.54) is 0 Å². The van der Waals surface area contributed by atoms with E-state index in [-0.39, 0.29) is 0 Å². The summed E-state index contributed by atoms with van der Waals surface area (Å²) in [6.07, 6.45) is 1.77. The molecule has 96 valence electrons. The molecule has 0 aliphatic carbocycles. The van der Waals surface area contributed by atoms with E-state index >= 15 is 0 Å². The minimum absolute atomic E-state index is 0.510. The van der Waals surface area contributed by atoms with Crippen molar-refractivity contribution in [3.8, 4) is 17.3 Å². The molecule has 0 unspecified atom stereocenters. The van der Waals surface area contributed by atoms with Crippen molar-refractivity contribution >= 4 is 5.82 Å². The number of rotatable bonds is 3. The fraction of sp³-hybridized carbons (Fsp3) is 0.267. The lowest BCUT2D eigenvalue weighted by atomic mass is 10.0. The van der Waals surface area contributed by atoms with Crippen molar-refractivity contribution in [3.05, 3.63) is 41.2 Å². The second-order valence-electron chi connectivity index (χ2n) is 4.44. The summed E-state index contributed by atoms with van der Waals surface area (Å²) < 4.78 is 0. The summed E-state index contributed by atoms with van der Waals surface area (Å²) >= 11 is 0. The van der Waals surface area contributed by atoms with Crippen LogP contribution in [0.4, 0.5) is 5.82 Å². The predicted molar refractivity (Wildman–Crippen MR) is 75.3 cm³/mol. The highest BCUT2D eigenvalue weighted by Crippen LogP contribution is 2.25. The van der Waals surface area contributed by atoms with E-state index < -0.39 is 0 Å². The zero-order chi connectivity index (χ0) is 13.8. The number of aryl methyl sites for hydroxylation is 1. The molecule has 0 bridgehead atoms. The molecule has 0 saturated carbocycles. The van der Waals surface area contributed by atoms with E-state index in [2.05, 4.69) is 23.0 Å². The molecule has 0 aliphatic heterocycles. The molecule has 0 fully saturated rings. The molecule has 0 saturated heterocycles. The van der Waals surface area contributed by atoms with E-state index in [1.54, 1.807) is 6.07 Å². The number of nitriles is 1. The Morgan fingerprint density at radius 2 is 2.11 bits per heavy atom. The van der Waals surface area contributed by atoms with E-state index in [9.17, 15) is 0 Å². The Hall–Kier alpha value is -2.41. The van der Waals surface area contributed by atoms with Gasteiger partial charge in [0.1, 0.15) is 11.6 Å². The lowest BCUT2D eigenvalue weighted by Crippen LogP contribution is -2.05. The summed E-state index contributed by atoms with van der Waals surface area (Å²) in [5, 5.41) is 8.96. The molecule has 1 heterocycles. The highest BCUT2D eigenvalue weighted by molar-refractivity contribution is 5.68. The Kier molecular flexibility index (Phi) is 3.76. The molecular formula is C15H16N4. The van der Waals surface area contributed by atoms with Crippen molar-refractivity contribution in [2.45, 2.75) is 26.7 Å². The van der Waals surface area contributed by atoms with Crippen LogP contribution in [-0.2, 0) is 6.42 Å². The van der Waals surface area contributed by atoms with Crippen LogP contribution < -0.4 is 5.73 Å². The largest absolute Gasteiger partial charge is 0.383 e. The van der Waals surface area contributed by atoms with Crippen molar-refractivity contribution < 1.29 is 0 Å². The molecule has 0 radical (unpaired) electrons. The lowest BCUT2D eigenvalue weighted by molar-refractivity contribution is 0.836. The Labute approximate surface area is 112 Å². The van der Waals surface area contributed by atoms with Gasteiger partial charge in [0, 0.05) is 17.5 Å². The maximum absolute atomic E-state index is 8.96. The summed E-state index contributed by atoms with van der Waals surface area (Å²) in [4.78, 5) is 8.86. The summed E-state index contributed by atoms with van der Waals surface area (Å²) in [6, 6.07) is 9.52. The maximum Gasteiger partial charge on any atom is 0.131 e. The van der Waals surface area contributed by atoms with Crippen LogP contribution in [-0.4, -0.2) is 9.97 Å². The highest BCUT2D eigenvalue weighted by atomic mass is 15.0. The van der Waals surface area contributed by atoms with Gasteiger partial charge in [-0.15, -0.1) is 0 Å². The first-order valence-corrected chi connectivity index (χ1v) is 6.29. The SMILES string of the molecule is CCCc1nc(N)c(C)c(-c2cccc(C#N)c2)n1. The van der Waals surface area contributed by atoms with Crippen LogP contribution in [0.15, 0.2) is 24.3 Å². The molecule has 4 heteroatoms. The van der Waals surface area contributed by atoms with Gasteiger partial charge in [0.2, 0.25) is 0 Å². The van der Waals surface area contributed by atoms with Crippen LogP contribution in [0, 0.1) is 18.3 Å². The highest BCUT2D eigenvalue weighted by Gasteiger charge is 2.10. The van der Waals surface area contributed by atoms with Crippen molar-refractivity contribution in [2.24, 2.45) is 0 Å². The number of anilines is 1. The zero-order valence-electron chi connectivity index (χ0n) is 11.1. The molecule has 1 aromatic carbocycles. The third-order valence-electron chi connectivity index (χ3n) is 2.97. The minimum Gasteiger partial charge on any atom is -0.383 e. The topological polar surface area (TPSA) is 75.6 Å². The third kappa shape index (κ3) is 2.71. The molecule has 0 aliphatic rings. The average molecular weight is 252 g/mol. The fourth-order valence-electron chi connectivity index (χ4n) is 1.93. The van der Waals surface area contributed by atoms with E-state index in [4.69, 9.17) is 11.0 Å². The van der Waals surface area contributed by atoms with Crippen molar-refractivity contribution in [1.29, 1.82) is 5.26 Å². The number of nitrogens with two attached hydrogens (primary N) is 1. The molecule has 1 aromatic heterocycles. The van der Waals surface area contributed by atoms with Crippen molar-refractivity contribution in [1.82, 2.24) is 9.97 Å². The van der Waals surface area contributed by atoms with Gasteiger partial charge in [0.25, 0.3) is 0 Å². The van der Waals surface area contributed by atoms with Crippen LogP contribution in [0.3, 0.4) is 0 Å². The van der Waals surface area contributed by atoms with E-state index in [0.29, 0.717) is 11.4 Å². The van der Waals surface area contributed by atoms with Gasteiger partial charge in [-0.25, -0.2) is 9.97 Å². The third-order valence-corrected chi connectivity index (χ3v) is 2.97. The fourth-order valence-corrected chi connectivity index (χ4v) is 1.93. The van der Waals surface area contributed by atoms with Crippen LogP contribution in [0.5, 0.6) is 0 Å². The number of aromatic nitrogens is 2. The van der Waals surface area contributed by atoms with Crippen LogP contribution in [0.2, 0.25) is 0 Å². The maximum atomic E-state index is 8.96. The first-order valence-electron chi connectivity index (χ1n) is 6.29. The smallest absolute Gasteiger partial charge is 0.131 e. The number of nitrogen functional groups attached to an aromatic ring is 1. The Morgan fingerprint density at radius 1 is 1.32 bits per heavy atom. The lowest BCUT2D eigenvalue weighted by Gasteiger charge is -2.10. The molecule has 4 nitrogen and oxygen atoms in total. The average Bonchev–Trinajstić information content (AvgIpc) is 2.43. The Bertz CT molecular complexity index is 641. The molecular weight excluding hydrogens is 236 g/mol. The predicted octanol–water partition coefficient (Wildman–Crippen LogP) is 2.86. The zero-order valence-corrected chi connectivity index (χ0v) is 11.1. The van der Waals surface area contributed by atoms with Gasteiger partial charge in [0.05, 0.1) is 17.3 Å². The second kappa shape index (κ2) is 5.49. The van der Waals surface area contributed by atoms with Gasteiger partial charge in [-0.1, -0.05) is 19.1 Å². The Balaban J connectivity index is 2.57. The van der Waals surface area contributed by atoms with Crippen LogP contribution >= 0.6 is 0 Å². The number of nitrogens with zero attached hydrogens (tertiary/aromatic N) is 3. The minimum atomic E-state index is 0.510. The van der Waals surface area contributed by atoms with Crippen molar-refractivity contribution in [2.75, 3.05) is 5.73 Å². The van der Waals surface area contributed by atoms with Gasteiger partial charge in [-0.3, -0.25) is 0 Å².